The number of hydrogen-bond acceptors (Lipinski definition) is 3. The Morgan fingerprint density at radius 3 is 2.45 bits per heavy atom. The summed E-state index contributed by atoms with van der Waals surface area (Å²) in [5.74, 6) is 2.06. The average Bonchev–Trinajstić information content (AvgIpc) is 2.19. The van der Waals surface area contributed by atoms with E-state index in [0.29, 0.717) is 0 Å². The summed E-state index contributed by atoms with van der Waals surface area (Å²) in [5.41, 5.74) is 0. The first-order valence-corrected chi connectivity index (χ1v) is 3.83. The van der Waals surface area contributed by atoms with Crippen molar-refractivity contribution in [3.05, 3.63) is 0 Å². The van der Waals surface area contributed by atoms with Crippen molar-refractivity contribution < 1.29 is 0 Å². The number of nitrogens with zero attached hydrogens (tertiary/aromatic N) is 1. The van der Waals surface area contributed by atoms with Crippen LogP contribution in [0.3, 0.4) is 0 Å². The maximum atomic E-state index is 4.19. The zero-order valence-electron chi connectivity index (χ0n) is 4.98. The molecule has 3 heteroatoms. The first-order chi connectivity index (χ1) is 3.93. The molecule has 1 rings (SSSR count). The average molecular weight is 178 g/mol. The van der Waals surface area contributed by atoms with Crippen LogP contribution in [-0.4, -0.2) is 11.7 Å². The van der Waals surface area contributed by atoms with Crippen LogP contribution in [0.5, 0.6) is 0 Å². The normalized spacial score (nSPS) is 13.0. The van der Waals surface area contributed by atoms with Crippen LogP contribution in [0.25, 0.3) is 0 Å². The number of amidine groups is 1. The molecular weight excluding hydrogens is 156 g/mol. The lowest BCUT2D eigenvalue weighted by atomic mass is 10.3. The molecule has 0 aromatic carbocycles. The second-order valence-electron chi connectivity index (χ2n) is 1.73. The highest BCUT2D eigenvalue weighted by molar-refractivity contribution is 7.98. The summed E-state index contributed by atoms with van der Waals surface area (Å²) < 4.78 is 3.12. The third-order valence-corrected chi connectivity index (χ3v) is 1.63. The Labute approximate surface area is 76.0 Å². The summed E-state index contributed by atoms with van der Waals surface area (Å²) in [5, 5.41) is 0. The largest absolute Gasteiger partial charge is 0.317 e. The first kappa shape index (κ1) is 17.1. The molecule has 0 saturated heterocycles. The molecule has 0 aromatic heterocycles. The van der Waals surface area contributed by atoms with E-state index in [0.717, 1.165) is 18.1 Å². The predicted octanol–water partition coefficient (Wildman–Crippen LogP) is 3.30. The van der Waals surface area contributed by atoms with Gasteiger partial charge in [0.1, 0.15) is 11.7 Å². The quantitative estimate of drug-likeness (QED) is 0.656. The summed E-state index contributed by atoms with van der Waals surface area (Å²) in [7, 11) is 0. The van der Waals surface area contributed by atoms with Gasteiger partial charge in [-0.1, -0.05) is 29.2 Å². The van der Waals surface area contributed by atoms with E-state index in [9.17, 15) is 0 Å². The second kappa shape index (κ2) is 9.82. The van der Waals surface area contributed by atoms with Crippen molar-refractivity contribution in [2.75, 3.05) is 5.88 Å². The van der Waals surface area contributed by atoms with Gasteiger partial charge >= 0.3 is 0 Å². The van der Waals surface area contributed by atoms with E-state index in [1.54, 1.807) is 11.9 Å². The predicted molar refractivity (Wildman–Crippen MR) is 58.1 cm³/mol. The molecule has 0 aromatic rings. The smallest absolute Gasteiger partial charge is 0.107 e. The maximum absolute atomic E-state index is 4.19. The minimum Gasteiger partial charge on any atom is -0.317 e. The number of hydrogen-bond donors (Lipinski definition) is 1. The summed E-state index contributed by atoms with van der Waals surface area (Å²) in [6, 6.07) is 0. The van der Waals surface area contributed by atoms with E-state index < -0.39 is 0 Å². The van der Waals surface area contributed by atoms with Gasteiger partial charge in [-0.15, -0.1) is 0 Å². The summed E-state index contributed by atoms with van der Waals surface area (Å²) in [6.07, 6.45) is 2.29. The van der Waals surface area contributed by atoms with Gasteiger partial charge in [-0.05, 0) is 18.4 Å². The molecule has 0 unspecified atom stereocenters. The van der Waals surface area contributed by atoms with Crippen LogP contribution < -0.4 is 4.72 Å². The summed E-state index contributed by atoms with van der Waals surface area (Å²) in [6.45, 7) is 2.16. The highest BCUT2D eigenvalue weighted by Gasteiger charge is 2.01. The zero-order chi connectivity index (χ0) is 5.82. The van der Waals surface area contributed by atoms with Crippen LogP contribution in [-0.2, 0) is 0 Å². The van der Waals surface area contributed by atoms with Gasteiger partial charge in [0.25, 0.3) is 0 Å². The SMILES string of the molecule is C.C.C.CCCC1=NCSN1. The Balaban J connectivity index is -0.000000213. The van der Waals surface area contributed by atoms with Gasteiger partial charge in [0, 0.05) is 6.42 Å². The second-order valence-corrected chi connectivity index (χ2v) is 2.48. The standard InChI is InChI=1S/C5H10N2S.3CH4/c1-2-3-5-6-4-8-7-5;;;/h2-4H2,1H3,(H,6,7);3*1H4. The van der Waals surface area contributed by atoms with Crippen LogP contribution in [0, 0.1) is 0 Å². The highest BCUT2D eigenvalue weighted by Crippen LogP contribution is 2.05. The molecule has 1 heterocycles. The van der Waals surface area contributed by atoms with E-state index in [1.807, 2.05) is 0 Å². The molecule has 0 atom stereocenters. The molecule has 0 aliphatic carbocycles. The Bertz CT molecular complexity index is 102. The van der Waals surface area contributed by atoms with Crippen LogP contribution >= 0.6 is 11.9 Å². The Kier molecular flexibility index (Phi) is 15.2. The van der Waals surface area contributed by atoms with Crippen molar-refractivity contribution in [3.63, 3.8) is 0 Å². The van der Waals surface area contributed by atoms with E-state index in [4.69, 9.17) is 0 Å². The molecule has 0 amide bonds. The highest BCUT2D eigenvalue weighted by atomic mass is 32.2. The van der Waals surface area contributed by atoms with Crippen molar-refractivity contribution in [2.24, 2.45) is 4.99 Å². The lowest BCUT2D eigenvalue weighted by Gasteiger charge is -1.94. The Morgan fingerprint density at radius 1 is 1.45 bits per heavy atom. The van der Waals surface area contributed by atoms with Crippen LogP contribution in [0.1, 0.15) is 42.0 Å². The minimum atomic E-state index is 0. The number of aliphatic imine (C=N–C) groups is 1. The molecule has 0 spiro atoms. The third kappa shape index (κ3) is 6.23. The first-order valence-electron chi connectivity index (χ1n) is 2.84. The summed E-state index contributed by atoms with van der Waals surface area (Å²) >= 11 is 1.67. The number of nitrogens with one attached hydrogen (secondary N) is 1. The van der Waals surface area contributed by atoms with Gasteiger partial charge in [0.2, 0.25) is 0 Å². The van der Waals surface area contributed by atoms with Crippen molar-refractivity contribution in [3.8, 4) is 0 Å². The third-order valence-electron chi connectivity index (χ3n) is 0.997. The molecule has 0 fully saturated rings. The molecule has 2 nitrogen and oxygen atoms in total. The van der Waals surface area contributed by atoms with Crippen molar-refractivity contribution >= 4 is 17.8 Å². The van der Waals surface area contributed by atoms with Gasteiger partial charge < -0.3 is 4.72 Å². The van der Waals surface area contributed by atoms with Gasteiger partial charge in [-0.3, -0.25) is 4.99 Å². The molecular formula is C8H22N2S. The Morgan fingerprint density at radius 2 is 2.09 bits per heavy atom. The Hall–Kier alpha value is -0.180. The maximum Gasteiger partial charge on any atom is 0.107 e. The fourth-order valence-corrected chi connectivity index (χ4v) is 1.24. The van der Waals surface area contributed by atoms with Gasteiger partial charge in [-0.2, -0.15) is 0 Å². The lowest BCUT2D eigenvalue weighted by molar-refractivity contribution is 0.976. The van der Waals surface area contributed by atoms with Crippen LogP contribution in [0.4, 0.5) is 0 Å². The van der Waals surface area contributed by atoms with Crippen LogP contribution in [0.15, 0.2) is 4.99 Å². The molecule has 1 N–H and O–H groups in total. The van der Waals surface area contributed by atoms with E-state index in [1.165, 1.54) is 6.42 Å². The molecule has 11 heavy (non-hydrogen) atoms. The number of rotatable bonds is 2. The van der Waals surface area contributed by atoms with Crippen molar-refractivity contribution in [1.29, 1.82) is 0 Å². The molecule has 0 radical (unpaired) electrons. The van der Waals surface area contributed by atoms with Crippen molar-refractivity contribution in [2.45, 2.75) is 42.0 Å². The van der Waals surface area contributed by atoms with Crippen LogP contribution in [0.2, 0.25) is 0 Å². The molecule has 1 aliphatic heterocycles. The minimum absolute atomic E-state index is 0. The van der Waals surface area contributed by atoms with Crippen molar-refractivity contribution in [1.82, 2.24) is 4.72 Å². The van der Waals surface area contributed by atoms with E-state index >= 15 is 0 Å². The zero-order valence-corrected chi connectivity index (χ0v) is 5.79. The van der Waals surface area contributed by atoms with E-state index in [2.05, 4.69) is 16.6 Å². The van der Waals surface area contributed by atoms with Gasteiger partial charge in [0.05, 0.1) is 0 Å². The molecule has 70 valence electrons. The lowest BCUT2D eigenvalue weighted by Crippen LogP contribution is -2.09. The van der Waals surface area contributed by atoms with Gasteiger partial charge in [-0.25, -0.2) is 0 Å². The fraction of sp³-hybridized carbons (Fsp3) is 0.875. The summed E-state index contributed by atoms with van der Waals surface area (Å²) in [4.78, 5) is 4.19. The molecule has 0 saturated carbocycles. The topological polar surface area (TPSA) is 24.4 Å². The molecule has 1 aliphatic rings. The monoisotopic (exact) mass is 178 g/mol. The fourth-order valence-electron chi connectivity index (χ4n) is 0.625. The van der Waals surface area contributed by atoms with E-state index in [-0.39, 0.29) is 22.3 Å². The molecule has 0 bridgehead atoms. The van der Waals surface area contributed by atoms with Gasteiger partial charge in [0.15, 0.2) is 0 Å².